The van der Waals surface area contributed by atoms with Crippen molar-refractivity contribution in [2.75, 3.05) is 0 Å². The molecule has 0 fully saturated rings. The van der Waals surface area contributed by atoms with Crippen LogP contribution in [0.4, 0.5) is 0 Å². The van der Waals surface area contributed by atoms with Gasteiger partial charge < -0.3 is 4.79 Å². The SMILES string of the molecule is CC(C)=CCC(C)C(C)CC=O. The first-order valence-electron chi connectivity index (χ1n) is 4.65. The lowest BCUT2D eigenvalue weighted by Crippen LogP contribution is -2.07. The van der Waals surface area contributed by atoms with E-state index in [9.17, 15) is 4.79 Å². The molecule has 0 N–H and O–H groups in total. The van der Waals surface area contributed by atoms with Crippen LogP contribution in [0, 0.1) is 11.8 Å². The maximum absolute atomic E-state index is 10.2. The molecule has 0 bridgehead atoms. The van der Waals surface area contributed by atoms with E-state index in [0.29, 0.717) is 18.3 Å². The molecule has 0 aliphatic heterocycles. The van der Waals surface area contributed by atoms with E-state index in [1.54, 1.807) is 0 Å². The van der Waals surface area contributed by atoms with Gasteiger partial charge in [0.2, 0.25) is 0 Å². The Morgan fingerprint density at radius 2 is 1.67 bits per heavy atom. The largest absolute Gasteiger partial charge is 0.303 e. The van der Waals surface area contributed by atoms with Gasteiger partial charge in [0.1, 0.15) is 6.29 Å². The fourth-order valence-electron chi connectivity index (χ4n) is 1.04. The van der Waals surface area contributed by atoms with Gasteiger partial charge in [-0.05, 0) is 32.1 Å². The van der Waals surface area contributed by atoms with Crippen molar-refractivity contribution in [2.45, 2.75) is 40.5 Å². The second-order valence-corrected chi connectivity index (χ2v) is 3.87. The first-order valence-corrected chi connectivity index (χ1v) is 4.65. The lowest BCUT2D eigenvalue weighted by molar-refractivity contribution is -0.108. The quantitative estimate of drug-likeness (QED) is 0.455. The predicted molar refractivity (Wildman–Crippen MR) is 53.1 cm³/mol. The maximum Gasteiger partial charge on any atom is 0.120 e. The third kappa shape index (κ3) is 5.11. The predicted octanol–water partition coefficient (Wildman–Crippen LogP) is 3.20. The minimum Gasteiger partial charge on any atom is -0.303 e. The normalized spacial score (nSPS) is 15.0. The molecule has 0 saturated carbocycles. The summed E-state index contributed by atoms with van der Waals surface area (Å²) in [6.07, 6.45) is 5.05. The van der Waals surface area contributed by atoms with Gasteiger partial charge in [0, 0.05) is 6.42 Å². The molecule has 0 aliphatic rings. The maximum atomic E-state index is 10.2. The van der Waals surface area contributed by atoms with Crippen molar-refractivity contribution in [3.63, 3.8) is 0 Å². The lowest BCUT2D eigenvalue weighted by Gasteiger charge is -2.15. The van der Waals surface area contributed by atoms with E-state index in [-0.39, 0.29) is 0 Å². The third-order valence-electron chi connectivity index (χ3n) is 2.34. The van der Waals surface area contributed by atoms with Gasteiger partial charge in [-0.3, -0.25) is 0 Å². The van der Waals surface area contributed by atoms with Gasteiger partial charge in [-0.2, -0.15) is 0 Å². The van der Waals surface area contributed by atoms with Crippen LogP contribution < -0.4 is 0 Å². The van der Waals surface area contributed by atoms with E-state index >= 15 is 0 Å². The molecule has 0 radical (unpaired) electrons. The summed E-state index contributed by atoms with van der Waals surface area (Å²) in [5.41, 5.74) is 1.36. The van der Waals surface area contributed by atoms with E-state index in [4.69, 9.17) is 0 Å². The summed E-state index contributed by atoms with van der Waals surface area (Å²) in [7, 11) is 0. The summed E-state index contributed by atoms with van der Waals surface area (Å²) in [4.78, 5) is 10.2. The fraction of sp³-hybridized carbons (Fsp3) is 0.727. The van der Waals surface area contributed by atoms with Crippen LogP contribution in [0.2, 0.25) is 0 Å². The van der Waals surface area contributed by atoms with Crippen LogP contribution in [0.1, 0.15) is 40.5 Å². The zero-order valence-corrected chi connectivity index (χ0v) is 8.63. The first-order chi connectivity index (χ1) is 5.57. The highest BCUT2D eigenvalue weighted by atomic mass is 16.1. The molecule has 0 amide bonds. The minimum atomic E-state index is 0.512. The van der Waals surface area contributed by atoms with Crippen molar-refractivity contribution in [3.8, 4) is 0 Å². The van der Waals surface area contributed by atoms with Gasteiger partial charge in [-0.15, -0.1) is 0 Å². The Bertz CT molecular complexity index is 154. The minimum absolute atomic E-state index is 0.512. The summed E-state index contributed by atoms with van der Waals surface area (Å²) in [5.74, 6) is 1.13. The molecule has 0 aliphatic carbocycles. The van der Waals surface area contributed by atoms with Gasteiger partial charge >= 0.3 is 0 Å². The second-order valence-electron chi connectivity index (χ2n) is 3.87. The molecule has 0 saturated heterocycles. The number of hydrogen-bond acceptors (Lipinski definition) is 1. The number of rotatable bonds is 5. The van der Waals surface area contributed by atoms with Gasteiger partial charge in [0.25, 0.3) is 0 Å². The number of carbonyl (C=O) groups is 1. The van der Waals surface area contributed by atoms with Crippen LogP contribution in [0.25, 0.3) is 0 Å². The molecule has 0 heterocycles. The molecular weight excluding hydrogens is 148 g/mol. The molecule has 0 aromatic rings. The highest BCUT2D eigenvalue weighted by Crippen LogP contribution is 2.18. The summed E-state index contributed by atoms with van der Waals surface area (Å²) in [6.45, 7) is 8.56. The Morgan fingerprint density at radius 1 is 1.17 bits per heavy atom. The summed E-state index contributed by atoms with van der Waals surface area (Å²) in [6, 6.07) is 0. The van der Waals surface area contributed by atoms with E-state index in [0.717, 1.165) is 12.7 Å². The van der Waals surface area contributed by atoms with Crippen LogP contribution in [0.15, 0.2) is 11.6 Å². The molecule has 0 spiro atoms. The van der Waals surface area contributed by atoms with E-state index in [1.165, 1.54) is 5.57 Å². The highest BCUT2D eigenvalue weighted by Gasteiger charge is 2.09. The van der Waals surface area contributed by atoms with Gasteiger partial charge in [0.05, 0.1) is 0 Å². The van der Waals surface area contributed by atoms with Crippen molar-refractivity contribution in [1.82, 2.24) is 0 Å². The molecule has 0 rings (SSSR count). The average molecular weight is 168 g/mol. The van der Waals surface area contributed by atoms with Gasteiger partial charge in [-0.25, -0.2) is 0 Å². The van der Waals surface area contributed by atoms with Crippen LogP contribution in [-0.4, -0.2) is 6.29 Å². The molecular formula is C11H20O. The smallest absolute Gasteiger partial charge is 0.120 e. The van der Waals surface area contributed by atoms with Crippen molar-refractivity contribution in [3.05, 3.63) is 11.6 Å². The molecule has 2 unspecified atom stereocenters. The monoisotopic (exact) mass is 168 g/mol. The van der Waals surface area contributed by atoms with Crippen molar-refractivity contribution in [1.29, 1.82) is 0 Å². The Labute approximate surface area is 75.9 Å². The van der Waals surface area contributed by atoms with Crippen LogP contribution in [0.3, 0.4) is 0 Å². The number of allylic oxidation sites excluding steroid dienone is 2. The summed E-state index contributed by atoms with van der Waals surface area (Å²) < 4.78 is 0. The standard InChI is InChI=1S/C11H20O/c1-9(2)5-6-10(3)11(4)7-8-12/h5,8,10-11H,6-7H2,1-4H3. The number of hydrogen-bond donors (Lipinski definition) is 0. The van der Waals surface area contributed by atoms with Crippen LogP contribution in [0.5, 0.6) is 0 Å². The number of aldehydes is 1. The zero-order chi connectivity index (χ0) is 9.56. The Hall–Kier alpha value is -0.590. The Morgan fingerprint density at radius 3 is 2.08 bits per heavy atom. The van der Waals surface area contributed by atoms with Gasteiger partial charge in [0.15, 0.2) is 0 Å². The molecule has 0 aromatic carbocycles. The van der Waals surface area contributed by atoms with Crippen LogP contribution in [-0.2, 0) is 4.79 Å². The van der Waals surface area contributed by atoms with Crippen molar-refractivity contribution >= 4 is 6.29 Å². The van der Waals surface area contributed by atoms with E-state index < -0.39 is 0 Å². The summed E-state index contributed by atoms with van der Waals surface area (Å²) >= 11 is 0. The Kier molecular flexibility index (Phi) is 5.69. The van der Waals surface area contributed by atoms with Crippen LogP contribution >= 0.6 is 0 Å². The molecule has 1 nitrogen and oxygen atoms in total. The first kappa shape index (κ1) is 11.4. The third-order valence-corrected chi connectivity index (χ3v) is 2.34. The van der Waals surface area contributed by atoms with Crippen molar-refractivity contribution < 1.29 is 4.79 Å². The van der Waals surface area contributed by atoms with Gasteiger partial charge in [-0.1, -0.05) is 25.5 Å². The summed E-state index contributed by atoms with van der Waals surface area (Å²) in [5, 5.41) is 0. The van der Waals surface area contributed by atoms with Crippen molar-refractivity contribution in [2.24, 2.45) is 11.8 Å². The lowest BCUT2D eigenvalue weighted by atomic mass is 9.90. The molecule has 1 heteroatoms. The molecule has 0 aromatic heterocycles. The second kappa shape index (κ2) is 5.99. The van der Waals surface area contributed by atoms with E-state index in [1.807, 2.05) is 0 Å². The Balaban J connectivity index is 3.78. The zero-order valence-electron chi connectivity index (χ0n) is 8.63. The average Bonchev–Trinajstić information content (AvgIpc) is 2.00. The fourth-order valence-corrected chi connectivity index (χ4v) is 1.04. The molecule has 2 atom stereocenters. The number of carbonyl (C=O) groups excluding carboxylic acids is 1. The molecule has 70 valence electrons. The highest BCUT2D eigenvalue weighted by molar-refractivity contribution is 5.49. The van der Waals surface area contributed by atoms with E-state index in [2.05, 4.69) is 33.8 Å². The molecule has 12 heavy (non-hydrogen) atoms. The topological polar surface area (TPSA) is 17.1 Å².